The number of ether oxygens (including phenoxy) is 2. The molecular formula is C16H20N2O2. The zero-order valence-electron chi connectivity index (χ0n) is 12.1. The molecule has 0 unspecified atom stereocenters. The third kappa shape index (κ3) is 4.16. The summed E-state index contributed by atoms with van der Waals surface area (Å²) in [5.41, 5.74) is 1.97. The largest absolute Gasteiger partial charge is 0.491 e. The summed E-state index contributed by atoms with van der Waals surface area (Å²) in [6.45, 7) is 4.68. The number of methoxy groups -OCH3 is 1. The average Bonchev–Trinajstić information content (AvgIpc) is 2.46. The highest BCUT2D eigenvalue weighted by Crippen LogP contribution is 2.17. The first-order chi connectivity index (χ1) is 9.67. The molecular weight excluding hydrogens is 252 g/mol. The van der Waals surface area contributed by atoms with Gasteiger partial charge in [0.2, 0.25) is 5.88 Å². The molecule has 0 saturated carbocycles. The maximum absolute atomic E-state index is 5.61. The highest BCUT2D eigenvalue weighted by molar-refractivity contribution is 5.46. The second-order valence-corrected chi connectivity index (χ2v) is 4.72. The fourth-order valence-corrected chi connectivity index (χ4v) is 1.79. The Labute approximate surface area is 119 Å². The van der Waals surface area contributed by atoms with Crippen LogP contribution in [0.25, 0.3) is 0 Å². The van der Waals surface area contributed by atoms with Crippen LogP contribution in [0.3, 0.4) is 0 Å². The Hall–Kier alpha value is -2.23. The van der Waals surface area contributed by atoms with Crippen molar-refractivity contribution in [1.82, 2.24) is 4.98 Å². The average molecular weight is 272 g/mol. The quantitative estimate of drug-likeness (QED) is 0.874. The summed E-state index contributed by atoms with van der Waals surface area (Å²) in [4.78, 5) is 4.35. The smallest absolute Gasteiger partial charge is 0.213 e. The Kier molecular flexibility index (Phi) is 4.82. The Morgan fingerprint density at radius 2 is 1.85 bits per heavy atom. The van der Waals surface area contributed by atoms with E-state index in [1.165, 1.54) is 0 Å². The number of benzene rings is 1. The van der Waals surface area contributed by atoms with Gasteiger partial charge in [0.05, 0.1) is 25.5 Å². The molecule has 0 radical (unpaired) electrons. The summed E-state index contributed by atoms with van der Waals surface area (Å²) in [5.74, 6) is 1.51. The number of hydrogen-bond acceptors (Lipinski definition) is 4. The lowest BCUT2D eigenvalue weighted by Crippen LogP contribution is -2.06. The molecule has 1 N–H and O–H groups in total. The second kappa shape index (κ2) is 6.80. The van der Waals surface area contributed by atoms with E-state index < -0.39 is 0 Å². The van der Waals surface area contributed by atoms with Gasteiger partial charge in [-0.2, -0.15) is 0 Å². The number of rotatable bonds is 6. The highest BCUT2D eigenvalue weighted by atomic mass is 16.5. The Morgan fingerprint density at radius 1 is 1.10 bits per heavy atom. The van der Waals surface area contributed by atoms with Gasteiger partial charge in [0, 0.05) is 11.8 Å². The monoisotopic (exact) mass is 272 g/mol. The minimum Gasteiger partial charge on any atom is -0.491 e. The molecule has 0 bridgehead atoms. The summed E-state index contributed by atoms with van der Waals surface area (Å²) in [6, 6.07) is 13.6. The minimum absolute atomic E-state index is 0.190. The summed E-state index contributed by atoms with van der Waals surface area (Å²) in [7, 11) is 1.62. The van der Waals surface area contributed by atoms with E-state index in [2.05, 4.69) is 10.3 Å². The van der Waals surface area contributed by atoms with Crippen LogP contribution >= 0.6 is 0 Å². The molecule has 0 aliphatic carbocycles. The third-order valence-electron chi connectivity index (χ3n) is 2.69. The molecule has 0 spiro atoms. The summed E-state index contributed by atoms with van der Waals surface area (Å²) in [5, 5.41) is 3.32. The predicted molar refractivity (Wildman–Crippen MR) is 80.3 cm³/mol. The van der Waals surface area contributed by atoms with Crippen molar-refractivity contribution in [3.63, 3.8) is 0 Å². The normalized spacial score (nSPS) is 10.4. The summed E-state index contributed by atoms with van der Waals surface area (Å²) in [6.07, 6.45) is 0.190. The Balaban J connectivity index is 1.93. The molecule has 4 nitrogen and oxygen atoms in total. The van der Waals surface area contributed by atoms with Crippen LogP contribution in [0.2, 0.25) is 0 Å². The molecule has 2 aromatic rings. The van der Waals surface area contributed by atoms with Crippen molar-refractivity contribution in [3.8, 4) is 11.6 Å². The number of hydrogen-bond donors (Lipinski definition) is 1. The van der Waals surface area contributed by atoms with Gasteiger partial charge < -0.3 is 14.8 Å². The minimum atomic E-state index is 0.190. The Morgan fingerprint density at radius 3 is 2.50 bits per heavy atom. The predicted octanol–water partition coefficient (Wildman–Crippen LogP) is 3.49. The van der Waals surface area contributed by atoms with Crippen LogP contribution in [0.15, 0.2) is 42.5 Å². The van der Waals surface area contributed by atoms with E-state index in [9.17, 15) is 0 Å². The van der Waals surface area contributed by atoms with Gasteiger partial charge in [-0.05, 0) is 44.2 Å². The molecule has 0 aliphatic rings. The maximum Gasteiger partial charge on any atom is 0.213 e. The van der Waals surface area contributed by atoms with Crippen LogP contribution < -0.4 is 14.8 Å². The topological polar surface area (TPSA) is 43.4 Å². The van der Waals surface area contributed by atoms with E-state index in [1.54, 1.807) is 7.11 Å². The summed E-state index contributed by atoms with van der Waals surface area (Å²) < 4.78 is 10.7. The molecule has 2 rings (SSSR count). The molecule has 4 heteroatoms. The zero-order valence-corrected chi connectivity index (χ0v) is 12.1. The van der Waals surface area contributed by atoms with Crippen molar-refractivity contribution in [2.45, 2.75) is 26.5 Å². The van der Waals surface area contributed by atoms with Crippen molar-refractivity contribution >= 4 is 5.69 Å². The molecule has 0 atom stereocenters. The third-order valence-corrected chi connectivity index (χ3v) is 2.69. The zero-order chi connectivity index (χ0) is 14.4. The van der Waals surface area contributed by atoms with E-state index in [4.69, 9.17) is 9.47 Å². The molecule has 0 amide bonds. The number of pyridine rings is 1. The van der Waals surface area contributed by atoms with Crippen molar-refractivity contribution in [2.75, 3.05) is 12.4 Å². The standard InChI is InChI=1S/C16H20N2O2/c1-12(2)20-15-9-7-13(8-10-15)17-11-14-5-4-6-16(18-14)19-3/h4-10,12,17H,11H2,1-3H3. The van der Waals surface area contributed by atoms with Gasteiger partial charge >= 0.3 is 0 Å². The van der Waals surface area contributed by atoms with Gasteiger partial charge in [0.25, 0.3) is 0 Å². The van der Waals surface area contributed by atoms with Crippen LogP contribution in [-0.4, -0.2) is 18.2 Å². The fraction of sp³-hybridized carbons (Fsp3) is 0.312. The van der Waals surface area contributed by atoms with E-state index in [0.29, 0.717) is 12.4 Å². The number of anilines is 1. The molecule has 0 saturated heterocycles. The van der Waals surface area contributed by atoms with E-state index in [1.807, 2.05) is 56.3 Å². The highest BCUT2D eigenvalue weighted by Gasteiger charge is 2.00. The van der Waals surface area contributed by atoms with Crippen LogP contribution in [0.4, 0.5) is 5.69 Å². The molecule has 0 fully saturated rings. The fourth-order valence-electron chi connectivity index (χ4n) is 1.79. The van der Waals surface area contributed by atoms with Crippen molar-refractivity contribution < 1.29 is 9.47 Å². The maximum atomic E-state index is 5.61. The number of aromatic nitrogens is 1. The molecule has 1 aromatic heterocycles. The first-order valence-corrected chi connectivity index (χ1v) is 6.68. The first kappa shape index (κ1) is 14.2. The van der Waals surface area contributed by atoms with Crippen LogP contribution in [0, 0.1) is 0 Å². The van der Waals surface area contributed by atoms with E-state index in [-0.39, 0.29) is 6.10 Å². The SMILES string of the molecule is COc1cccc(CNc2ccc(OC(C)C)cc2)n1. The number of nitrogens with one attached hydrogen (secondary N) is 1. The lowest BCUT2D eigenvalue weighted by Gasteiger charge is -2.11. The lowest BCUT2D eigenvalue weighted by atomic mass is 10.3. The van der Waals surface area contributed by atoms with E-state index >= 15 is 0 Å². The molecule has 1 heterocycles. The van der Waals surface area contributed by atoms with Crippen LogP contribution in [0.1, 0.15) is 19.5 Å². The van der Waals surface area contributed by atoms with Gasteiger partial charge in [-0.3, -0.25) is 0 Å². The molecule has 0 aliphatic heterocycles. The second-order valence-electron chi connectivity index (χ2n) is 4.72. The van der Waals surface area contributed by atoms with Gasteiger partial charge in [-0.15, -0.1) is 0 Å². The molecule has 106 valence electrons. The van der Waals surface area contributed by atoms with Gasteiger partial charge in [0.15, 0.2) is 0 Å². The molecule has 20 heavy (non-hydrogen) atoms. The lowest BCUT2D eigenvalue weighted by molar-refractivity contribution is 0.242. The first-order valence-electron chi connectivity index (χ1n) is 6.68. The van der Waals surface area contributed by atoms with Crippen molar-refractivity contribution in [2.24, 2.45) is 0 Å². The van der Waals surface area contributed by atoms with Gasteiger partial charge in [-0.25, -0.2) is 4.98 Å². The number of nitrogens with zero attached hydrogens (tertiary/aromatic N) is 1. The van der Waals surface area contributed by atoms with Gasteiger partial charge in [-0.1, -0.05) is 6.07 Å². The van der Waals surface area contributed by atoms with Crippen LogP contribution in [-0.2, 0) is 6.54 Å². The van der Waals surface area contributed by atoms with Crippen molar-refractivity contribution in [3.05, 3.63) is 48.2 Å². The molecule has 1 aromatic carbocycles. The van der Waals surface area contributed by atoms with Crippen LogP contribution in [0.5, 0.6) is 11.6 Å². The van der Waals surface area contributed by atoms with Crippen molar-refractivity contribution in [1.29, 1.82) is 0 Å². The Bertz CT molecular complexity index is 538. The summed E-state index contributed by atoms with van der Waals surface area (Å²) >= 11 is 0. The van der Waals surface area contributed by atoms with E-state index in [0.717, 1.165) is 17.1 Å². The van der Waals surface area contributed by atoms with Gasteiger partial charge in [0.1, 0.15) is 5.75 Å².